The molecule has 0 aromatic rings. The van der Waals surface area contributed by atoms with Crippen LogP contribution in [0.5, 0.6) is 0 Å². The largest absolute Gasteiger partial charge is 0.508 e. The van der Waals surface area contributed by atoms with Gasteiger partial charge in [-0.15, -0.1) is 0 Å². The molecule has 0 aromatic carbocycles. The Kier molecular flexibility index (Phi) is 14.9. The number of hydrogen-bond acceptors (Lipinski definition) is 5. The molecule has 1 fully saturated rings. The highest BCUT2D eigenvalue weighted by molar-refractivity contribution is 5.96. The number of aliphatic hydroxyl groups excluding tert-OH is 2. The lowest BCUT2D eigenvalue weighted by molar-refractivity contribution is -0.127. The van der Waals surface area contributed by atoms with Gasteiger partial charge in [-0.3, -0.25) is 4.79 Å². The molecule has 0 bridgehead atoms. The van der Waals surface area contributed by atoms with Crippen molar-refractivity contribution in [3.8, 4) is 11.8 Å². The van der Waals surface area contributed by atoms with E-state index in [0.717, 1.165) is 29.6 Å². The summed E-state index contributed by atoms with van der Waals surface area (Å²) in [6, 6.07) is 0. The second-order valence-corrected chi connectivity index (χ2v) is 14.6. The van der Waals surface area contributed by atoms with Crippen LogP contribution in [0.15, 0.2) is 106 Å². The summed E-state index contributed by atoms with van der Waals surface area (Å²) in [6.45, 7) is 18.8. The monoisotopic (exact) mass is 642 g/mol. The number of methoxy groups -OCH3 is 2. The predicted molar refractivity (Wildman–Crippen MR) is 196 cm³/mol. The van der Waals surface area contributed by atoms with Crippen LogP contribution in [0.1, 0.15) is 88.0 Å². The summed E-state index contributed by atoms with van der Waals surface area (Å²) in [4.78, 5) is 13.0. The molecule has 0 spiro atoms. The molecule has 0 aliphatic heterocycles. The van der Waals surface area contributed by atoms with E-state index >= 15 is 0 Å². The number of aliphatic hydroxyl groups is 2. The molecule has 2 aliphatic rings. The molecule has 5 nitrogen and oxygen atoms in total. The molecule has 1 saturated carbocycles. The molecule has 47 heavy (non-hydrogen) atoms. The van der Waals surface area contributed by atoms with Crippen LogP contribution in [0.25, 0.3) is 0 Å². The number of carbonyl (C=O) groups excluding carboxylic acids is 1. The quantitative estimate of drug-likeness (QED) is 0.0960. The fourth-order valence-electron chi connectivity index (χ4n) is 6.37. The third-order valence-electron chi connectivity index (χ3n) is 9.65. The van der Waals surface area contributed by atoms with Gasteiger partial charge in [0.25, 0.3) is 0 Å². The Morgan fingerprint density at radius 2 is 1.49 bits per heavy atom. The Bertz CT molecular complexity index is 1470. The molecule has 2 rings (SSSR count). The lowest BCUT2D eigenvalue weighted by Crippen LogP contribution is -2.36. The molecule has 2 N–H and O–H groups in total. The van der Waals surface area contributed by atoms with Gasteiger partial charge in [0.2, 0.25) is 0 Å². The van der Waals surface area contributed by atoms with Crippen molar-refractivity contribution < 1.29 is 24.5 Å². The van der Waals surface area contributed by atoms with Gasteiger partial charge in [-0.25, -0.2) is 0 Å². The van der Waals surface area contributed by atoms with Gasteiger partial charge in [0.05, 0.1) is 18.8 Å². The molecule has 0 aromatic heterocycles. The lowest BCUT2D eigenvalue weighted by atomic mass is 9.66. The van der Waals surface area contributed by atoms with Crippen molar-refractivity contribution in [2.75, 3.05) is 20.8 Å². The molecule has 3 unspecified atom stereocenters. The Balaban J connectivity index is 2.01. The second kappa shape index (κ2) is 17.6. The van der Waals surface area contributed by atoms with Gasteiger partial charge in [-0.05, 0) is 70.4 Å². The number of ether oxygens (including phenoxy) is 2. The van der Waals surface area contributed by atoms with Crippen LogP contribution >= 0.6 is 0 Å². The summed E-state index contributed by atoms with van der Waals surface area (Å²) in [5.74, 6) is 6.59. The maximum absolute atomic E-state index is 13.0. The topological polar surface area (TPSA) is 76.0 Å². The molecular weight excluding hydrogens is 584 g/mol. The highest BCUT2D eigenvalue weighted by Gasteiger charge is 2.53. The van der Waals surface area contributed by atoms with Crippen molar-refractivity contribution >= 4 is 5.78 Å². The van der Waals surface area contributed by atoms with Gasteiger partial charge in [0.15, 0.2) is 5.78 Å². The Morgan fingerprint density at radius 3 is 2.00 bits per heavy atom. The van der Waals surface area contributed by atoms with Crippen molar-refractivity contribution in [2.24, 2.45) is 16.2 Å². The highest BCUT2D eigenvalue weighted by atomic mass is 16.5. The molecule has 5 heteroatoms. The van der Waals surface area contributed by atoms with Crippen LogP contribution in [0, 0.1) is 28.1 Å². The number of hydrogen-bond donors (Lipinski definition) is 2. The third-order valence-corrected chi connectivity index (χ3v) is 9.65. The summed E-state index contributed by atoms with van der Waals surface area (Å²) < 4.78 is 11.0. The molecule has 256 valence electrons. The van der Waals surface area contributed by atoms with Gasteiger partial charge >= 0.3 is 0 Å². The van der Waals surface area contributed by atoms with Crippen LogP contribution in [-0.2, 0) is 14.3 Å². The Hall–Kier alpha value is -3.43. The maximum atomic E-state index is 13.0. The fourth-order valence-corrected chi connectivity index (χ4v) is 6.37. The van der Waals surface area contributed by atoms with Gasteiger partial charge in [-0.1, -0.05) is 118 Å². The van der Waals surface area contributed by atoms with E-state index < -0.39 is 11.5 Å². The summed E-state index contributed by atoms with van der Waals surface area (Å²) in [5, 5.41) is 20.7. The molecule has 0 amide bonds. The van der Waals surface area contributed by atoms with E-state index in [0.29, 0.717) is 25.0 Å². The van der Waals surface area contributed by atoms with Gasteiger partial charge < -0.3 is 19.7 Å². The third kappa shape index (κ3) is 11.6. The van der Waals surface area contributed by atoms with Crippen LogP contribution in [0.2, 0.25) is 0 Å². The normalized spacial score (nSPS) is 26.1. The van der Waals surface area contributed by atoms with Crippen molar-refractivity contribution in [3.63, 3.8) is 0 Å². The summed E-state index contributed by atoms with van der Waals surface area (Å²) in [5.41, 5.74) is 5.09. The standard InChI is InChI=1S/C42H58O5/c1-30(18-14-20-32(3)38(44)25-39(45)42(9)27-35(43)26-41(42,7)8)16-12-13-17-31(2)19-15-21-34(29-46-10)22-23-37-33(4)24-36(47-11)28-40(37,5)6/h12-21,25,35-36,43-44H,24,26-29H2,1-11H3. The molecular formula is C42H58O5. The zero-order valence-electron chi connectivity index (χ0n) is 30.7. The van der Waals surface area contributed by atoms with Crippen LogP contribution in [-0.4, -0.2) is 49.0 Å². The first-order chi connectivity index (χ1) is 22.0. The summed E-state index contributed by atoms with van der Waals surface area (Å²) in [6.07, 6.45) is 23.6. The van der Waals surface area contributed by atoms with E-state index in [1.165, 1.54) is 17.2 Å². The average Bonchev–Trinajstić information content (AvgIpc) is 3.20. The minimum Gasteiger partial charge on any atom is -0.508 e. The SMILES string of the molecule is COCC(C#CC1=C(C)CC(OC)CC1(C)C)=CC=CC(C)=CC=CC=C(C)C=CC=C(C)C(O)=CC(=O)C1(C)CC(O)CC1(C)C. The van der Waals surface area contributed by atoms with E-state index in [4.69, 9.17) is 9.47 Å². The fraction of sp³-hybridized carbons (Fsp3) is 0.500. The average molecular weight is 643 g/mol. The van der Waals surface area contributed by atoms with Crippen LogP contribution in [0.3, 0.4) is 0 Å². The van der Waals surface area contributed by atoms with Gasteiger partial charge in [-0.2, -0.15) is 0 Å². The first-order valence-electron chi connectivity index (χ1n) is 16.6. The summed E-state index contributed by atoms with van der Waals surface area (Å²) in [7, 11) is 3.47. The van der Waals surface area contributed by atoms with E-state index in [2.05, 4.69) is 32.6 Å². The maximum Gasteiger partial charge on any atom is 0.165 e. The minimum absolute atomic E-state index is 0.0205. The van der Waals surface area contributed by atoms with Crippen molar-refractivity contribution in [2.45, 2.75) is 100 Å². The molecule has 0 heterocycles. The van der Waals surface area contributed by atoms with E-state index in [1.807, 2.05) is 89.3 Å². The van der Waals surface area contributed by atoms with Gasteiger partial charge in [0, 0.05) is 42.3 Å². The van der Waals surface area contributed by atoms with E-state index in [9.17, 15) is 15.0 Å². The second-order valence-electron chi connectivity index (χ2n) is 14.6. The first kappa shape index (κ1) is 39.7. The predicted octanol–water partition coefficient (Wildman–Crippen LogP) is 9.42. The first-order valence-corrected chi connectivity index (χ1v) is 16.6. The number of ketones is 1. The number of allylic oxidation sites excluding steroid dienone is 15. The molecule has 2 aliphatic carbocycles. The van der Waals surface area contributed by atoms with Crippen molar-refractivity contribution in [1.82, 2.24) is 0 Å². The van der Waals surface area contributed by atoms with Gasteiger partial charge in [0.1, 0.15) is 5.76 Å². The molecule has 0 saturated heterocycles. The lowest BCUT2D eigenvalue weighted by Gasteiger charge is -2.36. The van der Waals surface area contributed by atoms with Crippen molar-refractivity contribution in [1.29, 1.82) is 0 Å². The zero-order chi connectivity index (χ0) is 35.4. The Labute approximate surface area is 284 Å². The van der Waals surface area contributed by atoms with Crippen molar-refractivity contribution in [3.05, 3.63) is 106 Å². The molecule has 0 radical (unpaired) electrons. The van der Waals surface area contributed by atoms with Crippen LogP contribution in [0.4, 0.5) is 0 Å². The minimum atomic E-state index is -0.706. The smallest absolute Gasteiger partial charge is 0.165 e. The Morgan fingerprint density at radius 1 is 0.894 bits per heavy atom. The molecule has 3 atom stereocenters. The zero-order valence-corrected chi connectivity index (χ0v) is 30.7. The summed E-state index contributed by atoms with van der Waals surface area (Å²) >= 11 is 0. The van der Waals surface area contributed by atoms with Crippen LogP contribution < -0.4 is 0 Å². The van der Waals surface area contributed by atoms with E-state index in [-0.39, 0.29) is 28.5 Å². The van der Waals surface area contributed by atoms with E-state index in [1.54, 1.807) is 27.2 Å². The number of rotatable bonds is 12. The number of carbonyl (C=O) groups is 1. The highest BCUT2D eigenvalue weighted by Crippen LogP contribution is 2.53.